The number of hydrogen-bond donors (Lipinski definition) is 1. The van der Waals surface area contributed by atoms with Gasteiger partial charge in [-0.2, -0.15) is 0 Å². The third-order valence-corrected chi connectivity index (χ3v) is 7.62. The van der Waals surface area contributed by atoms with Crippen LogP contribution < -0.4 is 10.1 Å². The summed E-state index contributed by atoms with van der Waals surface area (Å²) in [4.78, 5) is 13.5. The summed E-state index contributed by atoms with van der Waals surface area (Å²) < 4.78 is 8.49. The van der Waals surface area contributed by atoms with E-state index in [1.807, 2.05) is 67.6 Å². The highest BCUT2D eigenvalue weighted by atomic mass is 16.5. The number of benzene rings is 5. The van der Waals surface area contributed by atoms with Crippen LogP contribution in [0.5, 0.6) is 5.75 Å². The Bertz CT molecular complexity index is 1770. The first-order chi connectivity index (χ1) is 20.6. The van der Waals surface area contributed by atoms with Gasteiger partial charge in [0.1, 0.15) is 12.4 Å². The van der Waals surface area contributed by atoms with E-state index in [1.54, 1.807) is 0 Å². The van der Waals surface area contributed by atoms with Gasteiger partial charge in [0.25, 0.3) is 0 Å². The fourth-order valence-electron chi connectivity index (χ4n) is 5.47. The molecule has 0 aliphatic carbocycles. The summed E-state index contributed by atoms with van der Waals surface area (Å²) in [6, 6.07) is 45.2. The number of carbonyl (C=O) groups excluding carboxylic acids is 1. The number of amides is 1. The Hall–Kier alpha value is -5.09. The number of aryl methyl sites for hydroxylation is 1. The molecule has 0 fully saturated rings. The number of aromatic nitrogens is 1. The third-order valence-electron chi connectivity index (χ3n) is 7.62. The summed E-state index contributed by atoms with van der Waals surface area (Å²) in [5.74, 6) is 0.588. The van der Waals surface area contributed by atoms with Crippen molar-refractivity contribution in [3.8, 4) is 5.75 Å². The number of anilines is 1. The van der Waals surface area contributed by atoms with Crippen LogP contribution in [-0.2, 0) is 17.9 Å². The van der Waals surface area contributed by atoms with Crippen LogP contribution >= 0.6 is 0 Å². The Morgan fingerprint density at radius 1 is 0.762 bits per heavy atom. The molecule has 6 rings (SSSR count). The lowest BCUT2D eigenvalue weighted by atomic mass is 9.88. The van der Waals surface area contributed by atoms with Gasteiger partial charge in [0.05, 0.1) is 0 Å². The Kier molecular flexibility index (Phi) is 8.14. The lowest BCUT2D eigenvalue weighted by Gasteiger charge is -2.19. The van der Waals surface area contributed by atoms with E-state index in [9.17, 15) is 4.79 Å². The Labute approximate surface area is 247 Å². The molecule has 1 aromatic heterocycles. The predicted octanol–water partition coefficient (Wildman–Crippen LogP) is 8.74. The molecule has 6 aromatic rings. The molecule has 0 saturated heterocycles. The molecular formula is C38H34N2O2. The lowest BCUT2D eigenvalue weighted by molar-refractivity contribution is -0.116. The molecule has 0 unspecified atom stereocenters. The highest BCUT2D eigenvalue weighted by Gasteiger charge is 2.23. The molecule has 4 heteroatoms. The van der Waals surface area contributed by atoms with Gasteiger partial charge in [-0.3, -0.25) is 4.79 Å². The highest BCUT2D eigenvalue weighted by molar-refractivity contribution is 5.93. The molecule has 0 aliphatic heterocycles. The standard InChI is InChI=1S/C38H34N2O2/c1-28-19-21-32(22-20-28)39-38(41)24-35(31-15-10-16-33(23-31)42-27-30-13-6-3-7-14-30)36-26-40(25-29-11-4-2-5-12-29)37-18-9-8-17-34(36)37/h2-23,26,35H,24-25,27H2,1H3,(H,39,41)/t35-/m0/s1. The molecule has 42 heavy (non-hydrogen) atoms. The molecule has 208 valence electrons. The van der Waals surface area contributed by atoms with Crippen LogP contribution in [0.3, 0.4) is 0 Å². The van der Waals surface area contributed by atoms with Crippen molar-refractivity contribution >= 4 is 22.5 Å². The van der Waals surface area contributed by atoms with Crippen molar-refractivity contribution in [1.29, 1.82) is 0 Å². The number of nitrogens with zero attached hydrogens (tertiary/aromatic N) is 1. The summed E-state index contributed by atoms with van der Waals surface area (Å²) in [5, 5.41) is 4.27. The fourth-order valence-corrected chi connectivity index (χ4v) is 5.47. The average Bonchev–Trinajstić information content (AvgIpc) is 3.39. The molecule has 0 bridgehead atoms. The Morgan fingerprint density at radius 3 is 2.21 bits per heavy atom. The molecule has 1 N–H and O–H groups in total. The largest absolute Gasteiger partial charge is 0.489 e. The van der Waals surface area contributed by atoms with Crippen molar-refractivity contribution in [2.75, 3.05) is 5.32 Å². The molecule has 4 nitrogen and oxygen atoms in total. The highest BCUT2D eigenvalue weighted by Crippen LogP contribution is 2.36. The first kappa shape index (κ1) is 27.1. The van der Waals surface area contributed by atoms with Crippen LogP contribution in [0.2, 0.25) is 0 Å². The maximum Gasteiger partial charge on any atom is 0.225 e. The quantitative estimate of drug-likeness (QED) is 0.185. The number of para-hydroxylation sites is 1. The zero-order valence-electron chi connectivity index (χ0n) is 23.7. The van der Waals surface area contributed by atoms with E-state index >= 15 is 0 Å². The number of carbonyl (C=O) groups is 1. The van der Waals surface area contributed by atoms with Crippen LogP contribution in [0.1, 0.15) is 40.2 Å². The van der Waals surface area contributed by atoms with Crippen molar-refractivity contribution in [1.82, 2.24) is 4.57 Å². The molecule has 1 amide bonds. The molecule has 0 spiro atoms. The van der Waals surface area contributed by atoms with E-state index in [-0.39, 0.29) is 11.8 Å². The number of fused-ring (bicyclic) bond motifs is 1. The first-order valence-corrected chi connectivity index (χ1v) is 14.4. The van der Waals surface area contributed by atoms with Crippen molar-refractivity contribution in [3.63, 3.8) is 0 Å². The molecule has 0 aliphatic rings. The number of hydrogen-bond acceptors (Lipinski definition) is 2. The monoisotopic (exact) mass is 550 g/mol. The summed E-state index contributed by atoms with van der Waals surface area (Å²) in [5.41, 5.74) is 7.62. The zero-order chi connectivity index (χ0) is 28.7. The van der Waals surface area contributed by atoms with Crippen LogP contribution in [-0.4, -0.2) is 10.5 Å². The van der Waals surface area contributed by atoms with Gasteiger partial charge < -0.3 is 14.6 Å². The van der Waals surface area contributed by atoms with E-state index in [2.05, 4.69) is 88.9 Å². The summed E-state index contributed by atoms with van der Waals surface area (Å²) in [6.07, 6.45) is 2.52. The van der Waals surface area contributed by atoms with Gasteiger partial charge in [-0.25, -0.2) is 0 Å². The maximum absolute atomic E-state index is 13.5. The number of rotatable bonds is 10. The molecule has 1 heterocycles. The molecule has 0 saturated carbocycles. The fraction of sp³-hybridized carbons (Fsp3) is 0.132. The SMILES string of the molecule is Cc1ccc(NC(=O)C[C@@H](c2cccc(OCc3ccccc3)c2)c2cn(Cc3ccccc3)c3ccccc23)cc1. The summed E-state index contributed by atoms with van der Waals surface area (Å²) in [7, 11) is 0. The minimum absolute atomic E-state index is 0.0284. The van der Waals surface area contributed by atoms with Crippen molar-refractivity contribution in [3.05, 3.63) is 167 Å². The summed E-state index contributed by atoms with van der Waals surface area (Å²) in [6.45, 7) is 3.28. The van der Waals surface area contributed by atoms with Crippen LogP contribution in [0, 0.1) is 6.92 Å². The minimum Gasteiger partial charge on any atom is -0.489 e. The normalized spacial score (nSPS) is 11.7. The minimum atomic E-state index is -0.169. The molecular weight excluding hydrogens is 516 g/mol. The van der Waals surface area contributed by atoms with Crippen molar-refractivity contribution < 1.29 is 9.53 Å². The maximum atomic E-state index is 13.5. The van der Waals surface area contributed by atoms with E-state index in [0.29, 0.717) is 13.0 Å². The van der Waals surface area contributed by atoms with Gasteiger partial charge in [-0.15, -0.1) is 0 Å². The molecule has 1 atom stereocenters. The Morgan fingerprint density at radius 2 is 1.45 bits per heavy atom. The predicted molar refractivity (Wildman–Crippen MR) is 171 cm³/mol. The van der Waals surface area contributed by atoms with Gasteiger partial charge in [0.2, 0.25) is 5.91 Å². The van der Waals surface area contributed by atoms with E-state index < -0.39 is 0 Å². The Balaban J connectivity index is 1.36. The van der Waals surface area contributed by atoms with Crippen molar-refractivity contribution in [2.45, 2.75) is 32.4 Å². The van der Waals surface area contributed by atoms with Gasteiger partial charge in [-0.05, 0) is 59.5 Å². The second-order valence-electron chi connectivity index (χ2n) is 10.7. The summed E-state index contributed by atoms with van der Waals surface area (Å²) >= 11 is 0. The van der Waals surface area contributed by atoms with E-state index in [1.165, 1.54) is 5.56 Å². The second kappa shape index (κ2) is 12.6. The van der Waals surface area contributed by atoms with Crippen molar-refractivity contribution in [2.24, 2.45) is 0 Å². The number of nitrogens with one attached hydrogen (secondary N) is 1. The molecule has 5 aromatic carbocycles. The van der Waals surface area contributed by atoms with E-state index in [0.717, 1.165) is 51.1 Å². The lowest BCUT2D eigenvalue weighted by Crippen LogP contribution is -2.16. The van der Waals surface area contributed by atoms with Gasteiger partial charge in [0, 0.05) is 41.7 Å². The first-order valence-electron chi connectivity index (χ1n) is 14.4. The smallest absolute Gasteiger partial charge is 0.225 e. The van der Waals surface area contributed by atoms with E-state index in [4.69, 9.17) is 4.74 Å². The second-order valence-corrected chi connectivity index (χ2v) is 10.7. The van der Waals surface area contributed by atoms with Crippen LogP contribution in [0.25, 0.3) is 10.9 Å². The average molecular weight is 551 g/mol. The van der Waals surface area contributed by atoms with Crippen LogP contribution in [0.15, 0.2) is 140 Å². The third kappa shape index (κ3) is 6.45. The van der Waals surface area contributed by atoms with Gasteiger partial charge >= 0.3 is 0 Å². The molecule has 0 radical (unpaired) electrons. The van der Waals surface area contributed by atoms with Gasteiger partial charge in [0.15, 0.2) is 0 Å². The van der Waals surface area contributed by atoms with Crippen LogP contribution in [0.4, 0.5) is 5.69 Å². The number of ether oxygens (including phenoxy) is 1. The zero-order valence-corrected chi connectivity index (χ0v) is 23.7. The van der Waals surface area contributed by atoms with Gasteiger partial charge in [-0.1, -0.05) is 109 Å². The topological polar surface area (TPSA) is 43.3 Å².